The summed E-state index contributed by atoms with van der Waals surface area (Å²) < 4.78 is 54.3. The molecule has 2 atom stereocenters. The Morgan fingerprint density at radius 3 is 2.21 bits per heavy atom. The van der Waals surface area contributed by atoms with Crippen molar-refractivity contribution in [2.24, 2.45) is 0 Å². The van der Waals surface area contributed by atoms with E-state index in [2.05, 4.69) is 5.32 Å². The Balaban J connectivity index is 1.72. The summed E-state index contributed by atoms with van der Waals surface area (Å²) in [6.07, 6.45) is 0. The first-order valence-electron chi connectivity index (χ1n) is 10.8. The minimum absolute atomic E-state index is 0.0175. The largest absolute Gasteiger partial charge is 0.307 e. The number of nitrogens with zero attached hydrogens (tertiary/aromatic N) is 2. The maximum Gasteiger partial charge on any atom is 0.243 e. The summed E-state index contributed by atoms with van der Waals surface area (Å²) in [5.74, 6) is -0.424. The van der Waals surface area contributed by atoms with Crippen LogP contribution in [-0.2, 0) is 33.0 Å². The Labute approximate surface area is 200 Å². The number of sulfonamides is 1. The number of sulfone groups is 1. The molecule has 0 amide bonds. The molecule has 3 aromatic carbocycles. The Hall–Kier alpha value is -3.03. The Morgan fingerprint density at radius 2 is 1.56 bits per heavy atom. The summed E-state index contributed by atoms with van der Waals surface area (Å²) in [4.78, 5) is -0.0337. The van der Waals surface area contributed by atoms with Crippen LogP contribution in [0.5, 0.6) is 0 Å². The SMILES string of the molecule is N#Cc1cccc(S(=O)(=O)N(Cc2ccccc2)[C@@H]2CS(=O)(=O)C[C@H]2NCc2ccccc2)c1. The summed E-state index contributed by atoms with van der Waals surface area (Å²) in [7, 11) is -7.57. The third-order valence-corrected chi connectivity index (χ3v) is 9.44. The van der Waals surface area contributed by atoms with E-state index in [4.69, 9.17) is 0 Å². The molecular weight excluding hydrogens is 470 g/mol. The van der Waals surface area contributed by atoms with Crippen molar-refractivity contribution in [1.82, 2.24) is 9.62 Å². The average Bonchev–Trinajstić information content (AvgIpc) is 3.16. The van der Waals surface area contributed by atoms with E-state index in [0.717, 1.165) is 11.1 Å². The lowest BCUT2D eigenvalue weighted by atomic mass is 10.1. The van der Waals surface area contributed by atoms with Crippen LogP contribution in [0.4, 0.5) is 0 Å². The Kier molecular flexibility index (Phi) is 7.14. The maximum atomic E-state index is 13.8. The van der Waals surface area contributed by atoms with Gasteiger partial charge in [0.15, 0.2) is 9.84 Å². The average molecular weight is 496 g/mol. The molecule has 4 rings (SSSR count). The number of hydrogen-bond donors (Lipinski definition) is 1. The Bertz CT molecular complexity index is 1390. The predicted octanol–water partition coefficient (Wildman–Crippen LogP) is 2.70. The molecule has 7 nitrogen and oxygen atoms in total. The molecule has 1 heterocycles. The fraction of sp³-hybridized carbons (Fsp3) is 0.240. The van der Waals surface area contributed by atoms with Crippen LogP contribution in [0, 0.1) is 11.3 Å². The van der Waals surface area contributed by atoms with Gasteiger partial charge in [0.25, 0.3) is 0 Å². The normalized spacial score (nSPS) is 19.6. The summed E-state index contributed by atoms with van der Waals surface area (Å²) >= 11 is 0. The second-order valence-corrected chi connectivity index (χ2v) is 12.3. The van der Waals surface area contributed by atoms with E-state index in [1.807, 2.05) is 66.7 Å². The molecule has 176 valence electrons. The van der Waals surface area contributed by atoms with Gasteiger partial charge in [-0.1, -0.05) is 66.7 Å². The predicted molar refractivity (Wildman–Crippen MR) is 130 cm³/mol. The fourth-order valence-corrected chi connectivity index (χ4v) is 7.90. The minimum atomic E-state index is -4.10. The van der Waals surface area contributed by atoms with E-state index in [-0.39, 0.29) is 28.5 Å². The quantitative estimate of drug-likeness (QED) is 0.515. The zero-order valence-electron chi connectivity index (χ0n) is 18.4. The van der Waals surface area contributed by atoms with Gasteiger partial charge in [-0.3, -0.25) is 0 Å². The maximum absolute atomic E-state index is 13.8. The molecule has 0 radical (unpaired) electrons. The lowest BCUT2D eigenvalue weighted by Gasteiger charge is -2.32. The van der Waals surface area contributed by atoms with Crippen molar-refractivity contribution in [3.8, 4) is 6.07 Å². The van der Waals surface area contributed by atoms with E-state index in [1.165, 1.54) is 28.6 Å². The van der Waals surface area contributed by atoms with Crippen LogP contribution in [0.15, 0.2) is 89.8 Å². The third-order valence-electron chi connectivity index (χ3n) is 5.85. The molecule has 1 aliphatic rings. The second-order valence-electron chi connectivity index (χ2n) is 8.29. The molecule has 3 aromatic rings. The molecule has 1 N–H and O–H groups in total. The molecule has 0 aliphatic carbocycles. The van der Waals surface area contributed by atoms with Gasteiger partial charge in [-0.2, -0.15) is 9.57 Å². The molecular formula is C25H25N3O4S2. The second kappa shape index (κ2) is 10.1. The first-order chi connectivity index (χ1) is 16.3. The molecule has 0 unspecified atom stereocenters. The van der Waals surface area contributed by atoms with Crippen LogP contribution in [0.1, 0.15) is 16.7 Å². The van der Waals surface area contributed by atoms with Crippen molar-refractivity contribution in [3.05, 3.63) is 102 Å². The van der Waals surface area contributed by atoms with Crippen LogP contribution in [0.3, 0.4) is 0 Å². The van der Waals surface area contributed by atoms with Gasteiger partial charge in [-0.25, -0.2) is 16.8 Å². The monoisotopic (exact) mass is 495 g/mol. The summed E-state index contributed by atoms with van der Waals surface area (Å²) in [5.41, 5.74) is 1.94. The molecule has 1 aliphatic heterocycles. The Morgan fingerprint density at radius 1 is 0.912 bits per heavy atom. The van der Waals surface area contributed by atoms with Gasteiger partial charge < -0.3 is 5.32 Å². The fourth-order valence-electron chi connectivity index (χ4n) is 4.16. The molecule has 0 spiro atoms. The van der Waals surface area contributed by atoms with Crippen molar-refractivity contribution in [2.45, 2.75) is 30.1 Å². The number of nitriles is 1. The van der Waals surface area contributed by atoms with Crippen LogP contribution in [0.2, 0.25) is 0 Å². The van der Waals surface area contributed by atoms with Crippen LogP contribution >= 0.6 is 0 Å². The van der Waals surface area contributed by atoms with Gasteiger partial charge in [0, 0.05) is 19.1 Å². The molecule has 0 saturated carbocycles. The molecule has 1 saturated heterocycles. The van der Waals surface area contributed by atoms with Crippen molar-refractivity contribution in [1.29, 1.82) is 5.26 Å². The lowest BCUT2D eigenvalue weighted by Crippen LogP contribution is -2.51. The van der Waals surface area contributed by atoms with Crippen molar-refractivity contribution < 1.29 is 16.8 Å². The number of benzene rings is 3. The summed E-state index contributed by atoms with van der Waals surface area (Å²) in [5, 5.41) is 12.5. The highest BCUT2D eigenvalue weighted by molar-refractivity contribution is 7.92. The summed E-state index contributed by atoms with van der Waals surface area (Å²) in [6, 6.07) is 25.0. The smallest absolute Gasteiger partial charge is 0.243 e. The van der Waals surface area contributed by atoms with Crippen LogP contribution in [0.25, 0.3) is 0 Å². The minimum Gasteiger partial charge on any atom is -0.307 e. The number of rotatable bonds is 8. The van der Waals surface area contributed by atoms with Gasteiger partial charge in [-0.15, -0.1) is 0 Å². The van der Waals surface area contributed by atoms with Crippen molar-refractivity contribution >= 4 is 19.9 Å². The van der Waals surface area contributed by atoms with E-state index < -0.39 is 31.9 Å². The highest BCUT2D eigenvalue weighted by atomic mass is 32.2. The molecule has 0 aromatic heterocycles. The molecule has 34 heavy (non-hydrogen) atoms. The van der Waals surface area contributed by atoms with E-state index >= 15 is 0 Å². The molecule has 9 heteroatoms. The zero-order chi connectivity index (χ0) is 24.2. The van der Waals surface area contributed by atoms with Crippen LogP contribution in [-0.4, -0.2) is 44.7 Å². The van der Waals surface area contributed by atoms with Gasteiger partial charge >= 0.3 is 0 Å². The van der Waals surface area contributed by atoms with Gasteiger partial charge in [0.2, 0.25) is 10.0 Å². The lowest BCUT2D eigenvalue weighted by molar-refractivity contribution is 0.286. The summed E-state index contributed by atoms with van der Waals surface area (Å²) in [6.45, 7) is 0.435. The first kappa shape index (κ1) is 24.1. The van der Waals surface area contributed by atoms with Gasteiger partial charge in [0.05, 0.1) is 34.1 Å². The van der Waals surface area contributed by atoms with Crippen molar-refractivity contribution in [3.63, 3.8) is 0 Å². The zero-order valence-corrected chi connectivity index (χ0v) is 20.0. The van der Waals surface area contributed by atoms with Gasteiger partial charge in [-0.05, 0) is 29.3 Å². The highest BCUT2D eigenvalue weighted by Gasteiger charge is 2.45. The topological polar surface area (TPSA) is 107 Å². The number of hydrogen-bond acceptors (Lipinski definition) is 6. The number of nitrogens with one attached hydrogen (secondary N) is 1. The van der Waals surface area contributed by atoms with E-state index in [0.29, 0.717) is 6.54 Å². The highest BCUT2D eigenvalue weighted by Crippen LogP contribution is 2.28. The van der Waals surface area contributed by atoms with Gasteiger partial charge in [0.1, 0.15) is 0 Å². The standard InChI is InChI=1S/C25H25N3O4S2/c26-15-22-12-7-13-23(14-22)34(31,32)28(17-21-10-5-2-6-11-21)25-19-33(29,30)18-24(25)27-16-20-8-3-1-4-9-20/h1-14,24-25,27H,16-19H2/t24-,25-/m1/s1. The van der Waals surface area contributed by atoms with Crippen molar-refractivity contribution in [2.75, 3.05) is 11.5 Å². The molecule has 0 bridgehead atoms. The van der Waals surface area contributed by atoms with E-state index in [9.17, 15) is 22.1 Å². The first-order valence-corrected chi connectivity index (χ1v) is 14.1. The van der Waals surface area contributed by atoms with Crippen LogP contribution < -0.4 is 5.32 Å². The van der Waals surface area contributed by atoms with E-state index in [1.54, 1.807) is 0 Å². The third kappa shape index (κ3) is 5.54. The molecule has 1 fully saturated rings.